The monoisotopic (exact) mass is 626 g/mol. The normalized spacial score (nSPS) is 17.8. The van der Waals surface area contributed by atoms with E-state index in [4.69, 9.17) is 31.2 Å². The molecule has 1 fully saturated rings. The van der Waals surface area contributed by atoms with Crippen LogP contribution in [0.3, 0.4) is 0 Å². The Labute approximate surface area is 258 Å². The Bertz CT molecular complexity index is 1160. The molecule has 3 heterocycles. The highest BCUT2D eigenvalue weighted by Crippen LogP contribution is 2.36. The third-order valence-corrected chi connectivity index (χ3v) is 6.49. The number of aldehydes is 1. The molecule has 12 heteroatoms. The number of aliphatic hydroxyl groups is 1. The molecule has 1 aromatic carbocycles. The van der Waals surface area contributed by atoms with E-state index in [9.17, 15) is 14.0 Å². The lowest BCUT2D eigenvalue weighted by Crippen LogP contribution is -2.46. The minimum atomic E-state index is -0.817. The van der Waals surface area contributed by atoms with Crippen LogP contribution in [0.5, 0.6) is 0 Å². The van der Waals surface area contributed by atoms with Crippen LogP contribution in [0.4, 0.5) is 4.39 Å². The Morgan fingerprint density at radius 3 is 2.52 bits per heavy atom. The Kier molecular flexibility index (Phi) is 21.0. The van der Waals surface area contributed by atoms with E-state index < -0.39 is 17.8 Å². The van der Waals surface area contributed by atoms with E-state index in [1.165, 1.54) is 42.7 Å². The average Bonchev–Trinajstić information content (AvgIpc) is 3.59. The fraction of sp³-hybridized carbons (Fsp3) is 0.467. The van der Waals surface area contributed by atoms with Gasteiger partial charge >= 0.3 is 5.97 Å². The number of aliphatic hydroxyl groups excluding tert-OH is 1. The van der Waals surface area contributed by atoms with Gasteiger partial charge in [-0.2, -0.15) is 0 Å². The smallest absolute Gasteiger partial charge is 0.338 e. The highest BCUT2D eigenvalue weighted by Gasteiger charge is 2.35. The number of hydrogen-bond donors (Lipinski definition) is 2. The van der Waals surface area contributed by atoms with E-state index in [0.29, 0.717) is 54.6 Å². The predicted octanol–water partition coefficient (Wildman–Crippen LogP) is 5.60. The number of hydrogen-bond acceptors (Lipinski definition) is 10. The van der Waals surface area contributed by atoms with Gasteiger partial charge in [0.1, 0.15) is 18.1 Å². The maximum Gasteiger partial charge on any atom is 0.338 e. The summed E-state index contributed by atoms with van der Waals surface area (Å²) < 4.78 is 24.5. The van der Waals surface area contributed by atoms with E-state index in [0.717, 1.165) is 7.11 Å². The molecule has 0 spiro atoms. The van der Waals surface area contributed by atoms with Gasteiger partial charge in [0, 0.05) is 54.6 Å². The zero-order chi connectivity index (χ0) is 32.1. The molecule has 2 N–H and O–H groups in total. The molecule has 2 atom stereocenters. The second kappa shape index (κ2) is 22.6. The predicted molar refractivity (Wildman–Crippen MR) is 169 cm³/mol. The Hall–Kier alpha value is -2.96. The number of methoxy groups -OCH3 is 1. The number of aliphatic imine (C=N–C) groups is 1. The minimum absolute atomic E-state index is 0.153. The lowest BCUT2D eigenvalue weighted by Gasteiger charge is -2.34. The molecule has 234 valence electrons. The van der Waals surface area contributed by atoms with Crippen molar-refractivity contribution in [2.45, 2.75) is 53.7 Å². The van der Waals surface area contributed by atoms with Crippen molar-refractivity contribution in [3.8, 4) is 0 Å². The van der Waals surface area contributed by atoms with E-state index in [1.54, 1.807) is 12.3 Å². The van der Waals surface area contributed by atoms with Crippen molar-refractivity contribution in [3.63, 3.8) is 0 Å². The van der Waals surface area contributed by atoms with Gasteiger partial charge in [0.15, 0.2) is 10.8 Å². The number of benzene rings is 1. The minimum Gasteiger partial charge on any atom is -0.466 e. The molecule has 0 amide bonds. The lowest BCUT2D eigenvalue weighted by atomic mass is 9.95. The van der Waals surface area contributed by atoms with Gasteiger partial charge in [0.25, 0.3) is 0 Å². The summed E-state index contributed by atoms with van der Waals surface area (Å²) in [6.07, 6.45) is 5.23. The topological polar surface area (TPSA) is 113 Å². The fourth-order valence-electron chi connectivity index (χ4n) is 3.85. The van der Waals surface area contributed by atoms with Crippen molar-refractivity contribution < 1.29 is 28.6 Å². The standard InChI is InChI=1S/C23H22ClFN4O4S.3C2H6.CH4O/c1-32-23(31)19-18(13-29-7-9-33-15(12-29)3-2-8-30)27-21(22-26-6-10-34-22)28-20(19)16-5-4-14(25)11-17(16)24;4*1-2/h2-6,8,10-11,15,20H,7,9,12-13H2,1H3,(H,27,28);3*1-2H3;2H,1H3/b3-2+;;;;/t15-,20+;;;;/m1..../s1. The van der Waals surface area contributed by atoms with Gasteiger partial charge in [-0.05, 0) is 18.2 Å². The average molecular weight is 627 g/mol. The first-order valence-electron chi connectivity index (χ1n) is 13.9. The Morgan fingerprint density at radius 2 is 1.95 bits per heavy atom. The van der Waals surface area contributed by atoms with Crippen molar-refractivity contribution >= 4 is 41.0 Å². The Morgan fingerprint density at radius 1 is 1.26 bits per heavy atom. The molecule has 0 bridgehead atoms. The summed E-state index contributed by atoms with van der Waals surface area (Å²) >= 11 is 7.77. The highest BCUT2D eigenvalue weighted by molar-refractivity contribution is 7.11. The number of carbonyl (C=O) groups is 2. The molecule has 2 aliphatic rings. The van der Waals surface area contributed by atoms with Gasteiger partial charge in [-0.1, -0.05) is 65.3 Å². The molecule has 4 rings (SSSR count). The Balaban J connectivity index is 0.00000194. The molecule has 9 nitrogen and oxygen atoms in total. The summed E-state index contributed by atoms with van der Waals surface area (Å²) in [5.74, 6) is -0.576. The van der Waals surface area contributed by atoms with Crippen LogP contribution >= 0.6 is 22.9 Å². The van der Waals surface area contributed by atoms with Crippen molar-refractivity contribution in [3.05, 3.63) is 74.6 Å². The van der Waals surface area contributed by atoms with Crippen molar-refractivity contribution in [1.29, 1.82) is 0 Å². The fourth-order valence-corrected chi connectivity index (χ4v) is 4.71. The second-order valence-electron chi connectivity index (χ2n) is 7.56. The molecule has 0 aliphatic carbocycles. The summed E-state index contributed by atoms with van der Waals surface area (Å²) in [5, 5.41) is 12.9. The molecule has 2 aromatic rings. The first-order valence-corrected chi connectivity index (χ1v) is 15.2. The number of allylic oxidation sites excluding steroid dienone is 1. The molecule has 0 radical (unpaired) electrons. The van der Waals surface area contributed by atoms with Gasteiger partial charge in [-0.15, -0.1) is 11.3 Å². The van der Waals surface area contributed by atoms with E-state index in [-0.39, 0.29) is 16.7 Å². The number of nitrogens with one attached hydrogen (secondary N) is 1. The molecule has 0 unspecified atom stereocenters. The number of morpholine rings is 1. The number of halogens is 2. The summed E-state index contributed by atoms with van der Waals surface area (Å²) in [7, 11) is 2.30. The molecule has 42 heavy (non-hydrogen) atoms. The number of carbonyl (C=O) groups excluding carboxylic acids is 2. The number of thiazole rings is 1. The lowest BCUT2D eigenvalue weighted by molar-refractivity contribution is -0.136. The highest BCUT2D eigenvalue weighted by atomic mass is 35.5. The maximum atomic E-state index is 13.8. The third-order valence-electron chi connectivity index (χ3n) is 5.39. The number of amidine groups is 1. The van der Waals surface area contributed by atoms with E-state index in [2.05, 4.69) is 15.2 Å². The summed E-state index contributed by atoms with van der Waals surface area (Å²) in [6.45, 7) is 14.0. The number of nitrogens with zero attached hydrogens (tertiary/aromatic N) is 3. The zero-order valence-corrected chi connectivity index (χ0v) is 27.3. The zero-order valence-electron chi connectivity index (χ0n) is 25.7. The van der Waals surface area contributed by atoms with Gasteiger partial charge < -0.3 is 19.9 Å². The van der Waals surface area contributed by atoms with Crippen LogP contribution in [0.2, 0.25) is 5.02 Å². The van der Waals surface area contributed by atoms with Crippen molar-refractivity contribution in [2.75, 3.05) is 40.5 Å². The quantitative estimate of drug-likeness (QED) is 0.232. The molecular weight excluding hydrogens is 583 g/mol. The summed E-state index contributed by atoms with van der Waals surface area (Å²) in [5.41, 5.74) is 1.34. The first kappa shape index (κ1) is 39.0. The number of rotatable bonds is 7. The van der Waals surface area contributed by atoms with Crippen LogP contribution in [0.1, 0.15) is 58.2 Å². The summed E-state index contributed by atoms with van der Waals surface area (Å²) in [4.78, 5) is 34.8. The van der Waals surface area contributed by atoms with Crippen LogP contribution in [-0.2, 0) is 19.1 Å². The molecular formula is C30H44ClFN4O5S. The number of aromatic nitrogens is 1. The van der Waals surface area contributed by atoms with Crippen LogP contribution in [0.15, 0.2) is 58.2 Å². The maximum absolute atomic E-state index is 13.8. The van der Waals surface area contributed by atoms with Crippen LogP contribution in [0, 0.1) is 5.82 Å². The molecule has 1 aromatic heterocycles. The van der Waals surface area contributed by atoms with Crippen LogP contribution in [-0.4, -0.2) is 79.6 Å². The number of ether oxygens (including phenoxy) is 2. The largest absolute Gasteiger partial charge is 0.466 e. The van der Waals surface area contributed by atoms with Gasteiger partial charge in [0.2, 0.25) is 0 Å². The number of esters is 1. The van der Waals surface area contributed by atoms with E-state index >= 15 is 0 Å². The third kappa shape index (κ3) is 11.4. The molecule has 0 saturated carbocycles. The van der Waals surface area contributed by atoms with E-state index in [1.807, 2.05) is 46.9 Å². The van der Waals surface area contributed by atoms with Gasteiger partial charge in [-0.3, -0.25) is 14.7 Å². The van der Waals surface area contributed by atoms with Crippen LogP contribution < -0.4 is 5.32 Å². The van der Waals surface area contributed by atoms with Crippen molar-refractivity contribution in [2.24, 2.45) is 4.99 Å². The van der Waals surface area contributed by atoms with Gasteiger partial charge in [-0.25, -0.2) is 14.2 Å². The van der Waals surface area contributed by atoms with Gasteiger partial charge in [0.05, 0.1) is 25.4 Å². The first-order chi connectivity index (χ1) is 20.5. The van der Waals surface area contributed by atoms with Crippen LogP contribution in [0.25, 0.3) is 0 Å². The van der Waals surface area contributed by atoms with Crippen molar-refractivity contribution in [1.82, 2.24) is 15.2 Å². The second-order valence-corrected chi connectivity index (χ2v) is 8.86. The summed E-state index contributed by atoms with van der Waals surface area (Å²) in [6, 6.07) is 3.18. The molecule has 1 saturated heterocycles. The molecule has 2 aliphatic heterocycles. The SMILES string of the molecule is CC.CC.CC.CO.COC(=O)C1=C(CN2CCO[C@H](/C=C/C=O)C2)NC(c2nccs2)=N[C@H]1c1ccc(F)cc1Cl.